The first kappa shape index (κ1) is 12.1. The van der Waals surface area contributed by atoms with Crippen LogP contribution in [0.2, 0.25) is 0 Å². The number of morpholine rings is 1. The van der Waals surface area contributed by atoms with Crippen LogP contribution in [0.3, 0.4) is 0 Å². The summed E-state index contributed by atoms with van der Waals surface area (Å²) in [6.07, 6.45) is 0. The molecule has 1 aliphatic heterocycles. The van der Waals surface area contributed by atoms with Gasteiger partial charge < -0.3 is 9.84 Å². The average Bonchev–Trinajstić information content (AvgIpc) is 2.41. The Labute approximate surface area is 101 Å². The molecule has 1 aliphatic rings. The maximum Gasteiger partial charge on any atom is 0.156 e. The normalized spacial score (nSPS) is 25.4. The lowest BCUT2D eigenvalue weighted by Crippen LogP contribution is -2.57. The molecule has 90 valence electrons. The SMILES string of the molecule is N#C[C@]1(CO)COCCN1Cc1ccccc1. The summed E-state index contributed by atoms with van der Waals surface area (Å²) >= 11 is 0. The van der Waals surface area contributed by atoms with E-state index in [1.54, 1.807) is 0 Å². The third-order valence-electron chi connectivity index (χ3n) is 3.14. The van der Waals surface area contributed by atoms with Gasteiger partial charge in [0.15, 0.2) is 5.54 Å². The molecule has 2 rings (SSSR count). The Kier molecular flexibility index (Phi) is 3.75. The van der Waals surface area contributed by atoms with Gasteiger partial charge in [0.05, 0.1) is 25.9 Å². The second kappa shape index (κ2) is 5.28. The van der Waals surface area contributed by atoms with Crippen molar-refractivity contribution in [3.8, 4) is 6.07 Å². The summed E-state index contributed by atoms with van der Waals surface area (Å²) < 4.78 is 5.31. The number of hydrogen-bond donors (Lipinski definition) is 1. The molecule has 4 nitrogen and oxygen atoms in total. The predicted molar refractivity (Wildman–Crippen MR) is 63.1 cm³/mol. The third kappa shape index (κ3) is 2.47. The summed E-state index contributed by atoms with van der Waals surface area (Å²) in [5.41, 5.74) is 0.246. The smallest absolute Gasteiger partial charge is 0.156 e. The summed E-state index contributed by atoms with van der Waals surface area (Å²) in [6.45, 7) is 2.01. The van der Waals surface area contributed by atoms with Crippen molar-refractivity contribution in [3.63, 3.8) is 0 Å². The molecule has 0 saturated carbocycles. The van der Waals surface area contributed by atoms with E-state index >= 15 is 0 Å². The second-order valence-corrected chi connectivity index (χ2v) is 4.26. The lowest BCUT2D eigenvalue weighted by molar-refractivity contribution is -0.0671. The van der Waals surface area contributed by atoms with Crippen molar-refractivity contribution in [3.05, 3.63) is 35.9 Å². The molecular formula is C13H16N2O2. The quantitative estimate of drug-likeness (QED) is 0.836. The van der Waals surface area contributed by atoms with E-state index < -0.39 is 5.54 Å². The van der Waals surface area contributed by atoms with E-state index in [0.717, 1.165) is 5.56 Å². The van der Waals surface area contributed by atoms with Crippen LogP contribution in [0, 0.1) is 11.3 Å². The van der Waals surface area contributed by atoms with Gasteiger partial charge in [-0.25, -0.2) is 0 Å². The molecule has 0 radical (unpaired) electrons. The van der Waals surface area contributed by atoms with Gasteiger partial charge in [-0.2, -0.15) is 5.26 Å². The molecule has 4 heteroatoms. The number of nitriles is 1. The van der Waals surface area contributed by atoms with E-state index in [9.17, 15) is 10.4 Å². The third-order valence-corrected chi connectivity index (χ3v) is 3.14. The fourth-order valence-corrected chi connectivity index (χ4v) is 2.04. The van der Waals surface area contributed by atoms with Crippen molar-refractivity contribution in [2.24, 2.45) is 0 Å². The number of benzene rings is 1. The number of aliphatic hydroxyl groups excluding tert-OH is 1. The van der Waals surface area contributed by atoms with E-state index in [1.807, 2.05) is 35.2 Å². The molecule has 0 amide bonds. The number of aliphatic hydroxyl groups is 1. The standard InChI is InChI=1S/C13H16N2O2/c14-9-13(10-16)11-17-7-6-15(13)8-12-4-2-1-3-5-12/h1-5,16H,6-8,10-11H2/t13-/m0/s1. The van der Waals surface area contributed by atoms with Crippen LogP contribution in [0.15, 0.2) is 30.3 Å². The molecule has 0 spiro atoms. The Bertz CT molecular complexity index is 402. The highest BCUT2D eigenvalue weighted by Gasteiger charge is 2.39. The monoisotopic (exact) mass is 232 g/mol. The summed E-state index contributed by atoms with van der Waals surface area (Å²) in [4.78, 5) is 1.99. The minimum absolute atomic E-state index is 0.198. The number of nitrogens with zero attached hydrogens (tertiary/aromatic N) is 2. The van der Waals surface area contributed by atoms with Gasteiger partial charge in [0.2, 0.25) is 0 Å². The number of rotatable bonds is 3. The van der Waals surface area contributed by atoms with Crippen LogP contribution >= 0.6 is 0 Å². The first-order valence-corrected chi connectivity index (χ1v) is 5.69. The molecule has 1 atom stereocenters. The van der Waals surface area contributed by atoms with Gasteiger partial charge in [0, 0.05) is 13.1 Å². The zero-order valence-corrected chi connectivity index (χ0v) is 9.67. The van der Waals surface area contributed by atoms with Gasteiger partial charge in [-0.3, -0.25) is 4.90 Å². The lowest BCUT2D eigenvalue weighted by atomic mass is 9.99. The van der Waals surface area contributed by atoms with Crippen molar-refractivity contribution < 1.29 is 9.84 Å². The maximum absolute atomic E-state index is 9.45. The second-order valence-electron chi connectivity index (χ2n) is 4.26. The van der Waals surface area contributed by atoms with Crippen LogP contribution in [-0.2, 0) is 11.3 Å². The van der Waals surface area contributed by atoms with E-state index in [1.165, 1.54) is 0 Å². The summed E-state index contributed by atoms with van der Waals surface area (Å²) in [5, 5.41) is 18.7. The number of hydrogen-bond acceptors (Lipinski definition) is 4. The highest BCUT2D eigenvalue weighted by molar-refractivity contribution is 5.17. The Balaban J connectivity index is 2.15. The van der Waals surface area contributed by atoms with Crippen LogP contribution in [-0.4, -0.2) is 41.9 Å². The molecule has 1 saturated heterocycles. The van der Waals surface area contributed by atoms with Gasteiger partial charge in [0.25, 0.3) is 0 Å². The van der Waals surface area contributed by atoms with Crippen LogP contribution in [0.1, 0.15) is 5.56 Å². The van der Waals surface area contributed by atoms with Crippen molar-refractivity contribution in [2.75, 3.05) is 26.4 Å². The van der Waals surface area contributed by atoms with E-state index in [-0.39, 0.29) is 13.2 Å². The Morgan fingerprint density at radius 3 is 2.82 bits per heavy atom. The lowest BCUT2D eigenvalue weighted by Gasteiger charge is -2.40. The van der Waals surface area contributed by atoms with Crippen molar-refractivity contribution in [2.45, 2.75) is 12.1 Å². The minimum atomic E-state index is -0.895. The molecule has 1 fully saturated rings. The van der Waals surface area contributed by atoms with Crippen LogP contribution < -0.4 is 0 Å². The van der Waals surface area contributed by atoms with Crippen LogP contribution in [0.5, 0.6) is 0 Å². The van der Waals surface area contributed by atoms with Gasteiger partial charge in [-0.05, 0) is 5.56 Å². The first-order chi connectivity index (χ1) is 8.30. The van der Waals surface area contributed by atoms with Gasteiger partial charge >= 0.3 is 0 Å². The van der Waals surface area contributed by atoms with Gasteiger partial charge in [0.1, 0.15) is 0 Å². The minimum Gasteiger partial charge on any atom is -0.393 e. The first-order valence-electron chi connectivity index (χ1n) is 5.69. The van der Waals surface area contributed by atoms with Crippen molar-refractivity contribution in [1.82, 2.24) is 4.90 Å². The molecule has 0 aromatic heterocycles. The highest BCUT2D eigenvalue weighted by Crippen LogP contribution is 2.21. The zero-order chi connectivity index (χ0) is 12.1. The topological polar surface area (TPSA) is 56.5 Å². The Morgan fingerprint density at radius 2 is 2.18 bits per heavy atom. The molecule has 0 unspecified atom stereocenters. The van der Waals surface area contributed by atoms with E-state index in [0.29, 0.717) is 19.7 Å². The molecule has 0 bridgehead atoms. The van der Waals surface area contributed by atoms with Gasteiger partial charge in [-0.15, -0.1) is 0 Å². The van der Waals surface area contributed by atoms with Crippen LogP contribution in [0.4, 0.5) is 0 Å². The van der Waals surface area contributed by atoms with E-state index in [4.69, 9.17) is 4.74 Å². The maximum atomic E-state index is 9.45. The fourth-order valence-electron chi connectivity index (χ4n) is 2.04. The van der Waals surface area contributed by atoms with E-state index in [2.05, 4.69) is 6.07 Å². The molecule has 17 heavy (non-hydrogen) atoms. The predicted octanol–water partition coefficient (Wildman–Crippen LogP) is 0.773. The Hall–Kier alpha value is -1.41. The molecule has 0 aliphatic carbocycles. The highest BCUT2D eigenvalue weighted by atomic mass is 16.5. The summed E-state index contributed by atoms with van der Waals surface area (Å²) in [5.74, 6) is 0. The average molecular weight is 232 g/mol. The number of ether oxygens (including phenoxy) is 1. The zero-order valence-electron chi connectivity index (χ0n) is 9.67. The summed E-state index contributed by atoms with van der Waals surface area (Å²) in [6, 6.07) is 12.1. The fraction of sp³-hybridized carbons (Fsp3) is 0.462. The summed E-state index contributed by atoms with van der Waals surface area (Å²) in [7, 11) is 0. The van der Waals surface area contributed by atoms with Gasteiger partial charge in [-0.1, -0.05) is 30.3 Å². The largest absolute Gasteiger partial charge is 0.393 e. The van der Waals surface area contributed by atoms with Crippen LogP contribution in [0.25, 0.3) is 0 Å². The molecule has 1 aromatic carbocycles. The Morgan fingerprint density at radius 1 is 1.41 bits per heavy atom. The van der Waals surface area contributed by atoms with Crippen molar-refractivity contribution >= 4 is 0 Å². The van der Waals surface area contributed by atoms with Crippen molar-refractivity contribution in [1.29, 1.82) is 5.26 Å². The molecular weight excluding hydrogens is 216 g/mol. The molecule has 1 aromatic rings. The molecule has 1 N–H and O–H groups in total. The molecule has 1 heterocycles.